The van der Waals surface area contributed by atoms with Crippen LogP contribution < -0.4 is 15.8 Å². The summed E-state index contributed by atoms with van der Waals surface area (Å²) in [5.74, 6) is 1.42. The van der Waals surface area contributed by atoms with Crippen LogP contribution in [0.4, 0.5) is 0 Å². The van der Waals surface area contributed by atoms with Gasteiger partial charge in [-0.15, -0.1) is 0 Å². The lowest BCUT2D eigenvalue weighted by molar-refractivity contribution is -0.126. The van der Waals surface area contributed by atoms with Crippen molar-refractivity contribution in [3.8, 4) is 11.6 Å². The number of aromatic nitrogens is 1. The summed E-state index contributed by atoms with van der Waals surface area (Å²) in [5, 5.41) is 2.98. The highest BCUT2D eigenvalue weighted by Gasteiger charge is 2.24. The first-order chi connectivity index (χ1) is 11.7. The number of nitrogens with zero attached hydrogens (tertiary/aromatic N) is 1. The van der Waals surface area contributed by atoms with Gasteiger partial charge in [-0.1, -0.05) is 30.7 Å². The third-order valence-corrected chi connectivity index (χ3v) is 4.32. The summed E-state index contributed by atoms with van der Waals surface area (Å²) in [4.78, 5) is 16.5. The van der Waals surface area contributed by atoms with Crippen LogP contribution in [-0.4, -0.2) is 16.9 Å². The minimum atomic E-state index is 0.0439. The molecule has 1 aromatic heterocycles. The lowest BCUT2D eigenvalue weighted by Gasteiger charge is -2.25. The van der Waals surface area contributed by atoms with E-state index in [2.05, 4.69) is 10.3 Å². The van der Waals surface area contributed by atoms with Crippen LogP contribution in [0.3, 0.4) is 0 Å². The molecule has 1 aromatic carbocycles. The van der Waals surface area contributed by atoms with Crippen molar-refractivity contribution in [3.05, 3.63) is 54.2 Å². The molecule has 1 saturated carbocycles. The van der Waals surface area contributed by atoms with Gasteiger partial charge in [-0.3, -0.25) is 4.79 Å². The van der Waals surface area contributed by atoms with Crippen LogP contribution in [0.5, 0.6) is 11.6 Å². The van der Waals surface area contributed by atoms with Gasteiger partial charge in [-0.05, 0) is 37.0 Å². The van der Waals surface area contributed by atoms with E-state index in [1.54, 1.807) is 6.20 Å². The standard InChI is InChI=1S/C19H23N3O2/c20-16-6-4-5-15(11-16)19(23)22-13-14-9-10-18(21-12-14)24-17-7-2-1-3-8-17/h1-3,7-10,12,15-16H,4-6,11,13,20H2,(H,22,23). The summed E-state index contributed by atoms with van der Waals surface area (Å²) >= 11 is 0. The molecule has 5 nitrogen and oxygen atoms in total. The van der Waals surface area contributed by atoms with Crippen LogP contribution in [0, 0.1) is 5.92 Å². The summed E-state index contributed by atoms with van der Waals surface area (Å²) < 4.78 is 5.65. The number of nitrogens with two attached hydrogens (primary N) is 1. The van der Waals surface area contributed by atoms with Gasteiger partial charge >= 0.3 is 0 Å². The Bertz CT molecular complexity index is 658. The Hall–Kier alpha value is -2.40. The normalized spacial score (nSPS) is 20.4. The molecule has 24 heavy (non-hydrogen) atoms. The maximum Gasteiger partial charge on any atom is 0.223 e. The van der Waals surface area contributed by atoms with Crippen molar-refractivity contribution < 1.29 is 9.53 Å². The molecule has 1 heterocycles. The lowest BCUT2D eigenvalue weighted by Crippen LogP contribution is -2.37. The van der Waals surface area contributed by atoms with Gasteiger partial charge in [-0.2, -0.15) is 0 Å². The average molecular weight is 325 g/mol. The molecule has 0 bridgehead atoms. The van der Waals surface area contributed by atoms with Gasteiger partial charge in [-0.25, -0.2) is 4.98 Å². The molecule has 2 unspecified atom stereocenters. The maximum atomic E-state index is 12.2. The van der Waals surface area contributed by atoms with Crippen LogP contribution >= 0.6 is 0 Å². The van der Waals surface area contributed by atoms with Crippen molar-refractivity contribution in [2.45, 2.75) is 38.3 Å². The summed E-state index contributed by atoms with van der Waals surface area (Å²) in [7, 11) is 0. The Morgan fingerprint density at radius 2 is 2.04 bits per heavy atom. The number of pyridine rings is 1. The molecular formula is C19H23N3O2. The van der Waals surface area contributed by atoms with E-state index in [-0.39, 0.29) is 17.9 Å². The average Bonchev–Trinajstić information content (AvgIpc) is 2.62. The number of amides is 1. The zero-order valence-electron chi connectivity index (χ0n) is 13.7. The van der Waals surface area contributed by atoms with Crippen LogP contribution in [0.2, 0.25) is 0 Å². The molecule has 1 aliphatic rings. The molecule has 5 heteroatoms. The van der Waals surface area contributed by atoms with Gasteiger partial charge in [0.15, 0.2) is 0 Å². The quantitative estimate of drug-likeness (QED) is 0.886. The summed E-state index contributed by atoms with van der Waals surface area (Å²) in [6, 6.07) is 13.4. The molecule has 3 rings (SSSR count). The third kappa shape index (κ3) is 4.55. The van der Waals surface area contributed by atoms with Gasteiger partial charge in [0.1, 0.15) is 5.75 Å². The van der Waals surface area contributed by atoms with Gasteiger partial charge < -0.3 is 15.8 Å². The Balaban J connectivity index is 1.50. The van der Waals surface area contributed by atoms with Crippen molar-refractivity contribution in [2.24, 2.45) is 11.7 Å². The number of hydrogen-bond donors (Lipinski definition) is 2. The second kappa shape index (κ2) is 7.93. The highest BCUT2D eigenvalue weighted by atomic mass is 16.5. The second-order valence-corrected chi connectivity index (χ2v) is 6.26. The van der Waals surface area contributed by atoms with Gasteiger partial charge in [0, 0.05) is 30.8 Å². The molecule has 0 aliphatic heterocycles. The molecule has 1 aliphatic carbocycles. The van der Waals surface area contributed by atoms with E-state index in [0.717, 1.165) is 37.0 Å². The number of nitrogens with one attached hydrogen (secondary N) is 1. The number of carbonyl (C=O) groups is 1. The van der Waals surface area contributed by atoms with Gasteiger partial charge in [0.2, 0.25) is 11.8 Å². The monoisotopic (exact) mass is 325 g/mol. The molecule has 1 amide bonds. The molecule has 1 fully saturated rings. The zero-order valence-corrected chi connectivity index (χ0v) is 13.7. The Morgan fingerprint density at radius 1 is 1.21 bits per heavy atom. The van der Waals surface area contributed by atoms with Gasteiger partial charge in [0.25, 0.3) is 0 Å². The van der Waals surface area contributed by atoms with E-state index in [1.807, 2.05) is 42.5 Å². The smallest absolute Gasteiger partial charge is 0.223 e. The first-order valence-electron chi connectivity index (χ1n) is 8.42. The number of rotatable bonds is 5. The van der Waals surface area contributed by atoms with Gasteiger partial charge in [0.05, 0.1) is 0 Å². The number of hydrogen-bond acceptors (Lipinski definition) is 4. The Labute approximate surface area is 142 Å². The lowest BCUT2D eigenvalue weighted by atomic mass is 9.85. The Morgan fingerprint density at radius 3 is 2.75 bits per heavy atom. The van der Waals surface area contributed by atoms with E-state index in [0.29, 0.717) is 12.4 Å². The fourth-order valence-electron chi connectivity index (χ4n) is 2.98. The van der Waals surface area contributed by atoms with Crippen LogP contribution in [0.15, 0.2) is 48.7 Å². The highest BCUT2D eigenvalue weighted by Crippen LogP contribution is 2.23. The third-order valence-electron chi connectivity index (χ3n) is 4.32. The van der Waals surface area contributed by atoms with E-state index in [9.17, 15) is 4.79 Å². The molecule has 0 saturated heterocycles. The fraction of sp³-hybridized carbons (Fsp3) is 0.368. The molecule has 126 valence electrons. The van der Waals surface area contributed by atoms with Crippen molar-refractivity contribution in [1.82, 2.24) is 10.3 Å². The fourth-order valence-corrected chi connectivity index (χ4v) is 2.98. The molecule has 2 aromatic rings. The highest BCUT2D eigenvalue weighted by molar-refractivity contribution is 5.78. The zero-order chi connectivity index (χ0) is 16.8. The van der Waals surface area contributed by atoms with Crippen LogP contribution in [0.25, 0.3) is 0 Å². The SMILES string of the molecule is NC1CCCC(C(=O)NCc2ccc(Oc3ccccc3)nc2)C1. The van der Waals surface area contributed by atoms with E-state index in [4.69, 9.17) is 10.5 Å². The predicted molar refractivity (Wildman–Crippen MR) is 92.5 cm³/mol. The predicted octanol–water partition coefficient (Wildman–Crippen LogP) is 3.01. The molecular weight excluding hydrogens is 302 g/mol. The first kappa shape index (κ1) is 16.5. The minimum Gasteiger partial charge on any atom is -0.439 e. The molecule has 3 N–H and O–H groups in total. The van der Waals surface area contributed by atoms with Crippen LogP contribution in [-0.2, 0) is 11.3 Å². The van der Waals surface area contributed by atoms with E-state index in [1.165, 1.54) is 0 Å². The minimum absolute atomic E-state index is 0.0439. The summed E-state index contributed by atoms with van der Waals surface area (Å²) in [5.41, 5.74) is 6.89. The number of ether oxygens (including phenoxy) is 1. The van der Waals surface area contributed by atoms with Crippen molar-refractivity contribution in [1.29, 1.82) is 0 Å². The number of para-hydroxylation sites is 1. The Kier molecular flexibility index (Phi) is 5.43. The first-order valence-corrected chi connectivity index (χ1v) is 8.42. The van der Waals surface area contributed by atoms with E-state index >= 15 is 0 Å². The van der Waals surface area contributed by atoms with Crippen LogP contribution in [0.1, 0.15) is 31.2 Å². The largest absolute Gasteiger partial charge is 0.439 e. The summed E-state index contributed by atoms with van der Waals surface area (Å²) in [6.45, 7) is 0.475. The molecule has 0 spiro atoms. The van der Waals surface area contributed by atoms with Crippen molar-refractivity contribution >= 4 is 5.91 Å². The molecule has 0 radical (unpaired) electrons. The van der Waals surface area contributed by atoms with E-state index < -0.39 is 0 Å². The maximum absolute atomic E-state index is 12.2. The summed E-state index contributed by atoms with van der Waals surface area (Å²) in [6.07, 6.45) is 5.50. The topological polar surface area (TPSA) is 77.2 Å². The second-order valence-electron chi connectivity index (χ2n) is 6.26. The van der Waals surface area contributed by atoms with Crippen molar-refractivity contribution in [3.63, 3.8) is 0 Å². The molecule has 2 atom stereocenters. The van der Waals surface area contributed by atoms with Crippen molar-refractivity contribution in [2.75, 3.05) is 0 Å². The number of carbonyl (C=O) groups excluding carboxylic acids is 1. The number of benzene rings is 1.